The Kier molecular flexibility index (Phi) is 5.42. The molecule has 1 heterocycles. The van der Waals surface area contributed by atoms with Gasteiger partial charge in [0.1, 0.15) is 0 Å². The molecule has 1 aromatic heterocycles. The Bertz CT molecular complexity index is 1260. The first-order valence-electron chi connectivity index (χ1n) is 9.61. The maximum absolute atomic E-state index is 13.3. The molecule has 0 saturated carbocycles. The van der Waals surface area contributed by atoms with Gasteiger partial charge in [0.25, 0.3) is 0 Å². The standard InChI is InChI=1S/C24H22N2O3S/c1-17-11-13-21(14-12-17)30(27,28)24-23(25-16-19-8-4-3-5-9-19)29-22(26-24)20-10-6-7-18(2)15-20/h3-15,25H,16H2,1-2H3. The number of hydrogen-bond donors (Lipinski definition) is 1. The van der Waals surface area contributed by atoms with E-state index in [1.54, 1.807) is 24.3 Å². The van der Waals surface area contributed by atoms with Crippen LogP contribution < -0.4 is 5.32 Å². The monoisotopic (exact) mass is 418 g/mol. The number of sulfone groups is 1. The van der Waals surface area contributed by atoms with Gasteiger partial charge in [0.2, 0.25) is 26.6 Å². The molecule has 0 atom stereocenters. The molecule has 0 fully saturated rings. The highest BCUT2D eigenvalue weighted by atomic mass is 32.2. The third kappa shape index (κ3) is 4.14. The highest BCUT2D eigenvalue weighted by molar-refractivity contribution is 7.91. The average Bonchev–Trinajstić information content (AvgIpc) is 3.19. The van der Waals surface area contributed by atoms with Crippen LogP contribution in [0.25, 0.3) is 11.5 Å². The van der Waals surface area contributed by atoms with Crippen molar-refractivity contribution >= 4 is 15.7 Å². The van der Waals surface area contributed by atoms with Gasteiger partial charge in [-0.1, -0.05) is 65.7 Å². The second-order valence-corrected chi connectivity index (χ2v) is 9.04. The van der Waals surface area contributed by atoms with Crippen LogP contribution in [0.4, 0.5) is 5.88 Å². The Hall–Kier alpha value is -3.38. The Morgan fingerprint density at radius 1 is 0.867 bits per heavy atom. The van der Waals surface area contributed by atoms with Gasteiger partial charge in [-0.25, -0.2) is 8.42 Å². The largest absolute Gasteiger partial charge is 0.419 e. The number of hydrogen-bond acceptors (Lipinski definition) is 5. The molecular weight excluding hydrogens is 396 g/mol. The predicted octanol–water partition coefficient (Wildman–Crippen LogP) is 5.40. The zero-order chi connectivity index (χ0) is 21.1. The van der Waals surface area contributed by atoms with Gasteiger partial charge in [0.05, 0.1) is 4.90 Å². The molecule has 0 aliphatic heterocycles. The van der Waals surface area contributed by atoms with Crippen LogP contribution >= 0.6 is 0 Å². The van der Waals surface area contributed by atoms with E-state index >= 15 is 0 Å². The van der Waals surface area contributed by atoms with Crippen LogP contribution in [0.1, 0.15) is 16.7 Å². The number of nitrogens with zero attached hydrogens (tertiary/aromatic N) is 1. The molecule has 30 heavy (non-hydrogen) atoms. The topological polar surface area (TPSA) is 72.2 Å². The first-order valence-corrected chi connectivity index (χ1v) is 11.1. The molecule has 3 aromatic carbocycles. The lowest BCUT2D eigenvalue weighted by atomic mass is 10.1. The van der Waals surface area contributed by atoms with Crippen LogP contribution in [0, 0.1) is 13.8 Å². The molecule has 0 bridgehead atoms. The summed E-state index contributed by atoms with van der Waals surface area (Å²) in [6.07, 6.45) is 0. The fraction of sp³-hybridized carbons (Fsp3) is 0.125. The molecule has 0 spiro atoms. The van der Waals surface area contributed by atoms with Gasteiger partial charge in [-0.2, -0.15) is 4.98 Å². The molecule has 4 rings (SSSR count). The van der Waals surface area contributed by atoms with Crippen molar-refractivity contribution < 1.29 is 12.8 Å². The molecule has 5 nitrogen and oxygen atoms in total. The van der Waals surface area contributed by atoms with E-state index in [0.717, 1.165) is 22.3 Å². The zero-order valence-electron chi connectivity index (χ0n) is 16.8. The Labute approximate surface area is 176 Å². The van der Waals surface area contributed by atoms with Crippen molar-refractivity contribution in [1.29, 1.82) is 0 Å². The second kappa shape index (κ2) is 8.16. The minimum Gasteiger partial charge on any atom is -0.419 e. The fourth-order valence-electron chi connectivity index (χ4n) is 3.11. The van der Waals surface area contributed by atoms with Crippen LogP contribution in [0.15, 0.2) is 93.2 Å². The summed E-state index contributed by atoms with van der Waals surface area (Å²) < 4.78 is 32.6. The smallest absolute Gasteiger partial charge is 0.234 e. The third-order valence-corrected chi connectivity index (χ3v) is 6.42. The molecule has 6 heteroatoms. The fourth-order valence-corrected chi connectivity index (χ4v) is 4.39. The van der Waals surface area contributed by atoms with Gasteiger partial charge >= 0.3 is 0 Å². The molecule has 0 aliphatic carbocycles. The van der Waals surface area contributed by atoms with Crippen LogP contribution in [-0.2, 0) is 16.4 Å². The van der Waals surface area contributed by atoms with Crippen LogP contribution in [-0.4, -0.2) is 13.4 Å². The van der Waals surface area contributed by atoms with E-state index in [0.29, 0.717) is 6.54 Å². The third-order valence-electron chi connectivity index (χ3n) is 4.74. The molecule has 0 aliphatic rings. The summed E-state index contributed by atoms with van der Waals surface area (Å²) in [6.45, 7) is 4.29. The molecule has 4 aromatic rings. The van der Waals surface area contributed by atoms with E-state index < -0.39 is 9.84 Å². The minimum absolute atomic E-state index is 0.112. The van der Waals surface area contributed by atoms with Crippen molar-refractivity contribution in [1.82, 2.24) is 4.98 Å². The molecule has 0 saturated heterocycles. The number of oxazole rings is 1. The molecular formula is C24H22N2O3S. The Balaban J connectivity index is 1.77. The molecule has 152 valence electrons. The minimum atomic E-state index is -3.86. The molecule has 0 unspecified atom stereocenters. The first kappa shape index (κ1) is 19.9. The van der Waals surface area contributed by atoms with E-state index in [2.05, 4.69) is 10.3 Å². The summed E-state index contributed by atoms with van der Waals surface area (Å²) in [7, 11) is -3.86. The summed E-state index contributed by atoms with van der Waals surface area (Å²) in [5.74, 6) is 0.399. The van der Waals surface area contributed by atoms with Gasteiger partial charge < -0.3 is 9.73 Å². The lowest BCUT2D eigenvalue weighted by Crippen LogP contribution is -2.07. The normalized spacial score (nSPS) is 11.4. The lowest BCUT2D eigenvalue weighted by Gasteiger charge is -2.06. The van der Waals surface area contributed by atoms with Gasteiger partial charge in [0, 0.05) is 12.1 Å². The van der Waals surface area contributed by atoms with E-state index in [4.69, 9.17) is 4.42 Å². The highest BCUT2D eigenvalue weighted by Gasteiger charge is 2.28. The molecule has 1 N–H and O–H groups in total. The van der Waals surface area contributed by atoms with E-state index in [1.165, 1.54) is 0 Å². The average molecular weight is 419 g/mol. The van der Waals surface area contributed by atoms with E-state index in [1.807, 2.05) is 68.4 Å². The zero-order valence-corrected chi connectivity index (χ0v) is 17.6. The van der Waals surface area contributed by atoms with Crippen molar-refractivity contribution in [3.8, 4) is 11.5 Å². The maximum Gasteiger partial charge on any atom is 0.234 e. The Morgan fingerprint density at radius 3 is 2.30 bits per heavy atom. The van der Waals surface area contributed by atoms with Crippen LogP contribution in [0.3, 0.4) is 0 Å². The van der Waals surface area contributed by atoms with Crippen LogP contribution in [0.2, 0.25) is 0 Å². The summed E-state index contributed by atoms with van der Waals surface area (Å²) in [6, 6.07) is 24.0. The SMILES string of the molecule is Cc1ccc(S(=O)(=O)c2nc(-c3cccc(C)c3)oc2NCc2ccccc2)cc1. The number of aryl methyl sites for hydroxylation is 2. The van der Waals surface area contributed by atoms with Gasteiger partial charge in [0.15, 0.2) is 0 Å². The predicted molar refractivity (Wildman–Crippen MR) is 117 cm³/mol. The summed E-state index contributed by atoms with van der Waals surface area (Å²) in [5.41, 5.74) is 3.75. The van der Waals surface area contributed by atoms with Crippen LogP contribution in [0.5, 0.6) is 0 Å². The number of benzene rings is 3. The number of aromatic nitrogens is 1. The van der Waals surface area contributed by atoms with Crippen molar-refractivity contribution in [3.05, 3.63) is 95.6 Å². The van der Waals surface area contributed by atoms with Crippen molar-refractivity contribution in [2.24, 2.45) is 0 Å². The number of nitrogens with one attached hydrogen (secondary N) is 1. The quantitative estimate of drug-likeness (QED) is 0.454. The lowest BCUT2D eigenvalue weighted by molar-refractivity contribution is 0.576. The summed E-state index contributed by atoms with van der Waals surface area (Å²) in [4.78, 5) is 4.57. The molecule has 0 amide bonds. The first-order chi connectivity index (χ1) is 14.4. The number of rotatable bonds is 6. The van der Waals surface area contributed by atoms with Crippen molar-refractivity contribution in [2.45, 2.75) is 30.3 Å². The van der Waals surface area contributed by atoms with Gasteiger partial charge in [-0.05, 0) is 43.7 Å². The summed E-state index contributed by atoms with van der Waals surface area (Å²) >= 11 is 0. The van der Waals surface area contributed by atoms with Crippen molar-refractivity contribution in [3.63, 3.8) is 0 Å². The molecule has 0 radical (unpaired) electrons. The maximum atomic E-state index is 13.3. The number of anilines is 1. The van der Waals surface area contributed by atoms with Gasteiger partial charge in [-0.3, -0.25) is 0 Å². The second-order valence-electron chi connectivity index (χ2n) is 7.18. The van der Waals surface area contributed by atoms with Crippen molar-refractivity contribution in [2.75, 3.05) is 5.32 Å². The Morgan fingerprint density at radius 2 is 1.60 bits per heavy atom. The van der Waals surface area contributed by atoms with Gasteiger partial charge in [-0.15, -0.1) is 0 Å². The highest BCUT2D eigenvalue weighted by Crippen LogP contribution is 2.33. The van der Waals surface area contributed by atoms with E-state index in [-0.39, 0.29) is 21.7 Å². The van der Waals surface area contributed by atoms with E-state index in [9.17, 15) is 8.42 Å². The summed E-state index contributed by atoms with van der Waals surface area (Å²) in [5, 5.41) is 3.00.